The maximum atomic E-state index is 14.9. The molecule has 6 rings (SSSR count). The normalized spacial score (nSPS) is 14.3. The number of likely N-dealkylation sites (tertiary alicyclic amines) is 1. The van der Waals surface area contributed by atoms with Gasteiger partial charge in [-0.1, -0.05) is 48.0 Å². The number of aromatic amines is 1. The Kier molecular flexibility index (Phi) is 6.16. The third-order valence-electron chi connectivity index (χ3n) is 7.45. The fourth-order valence-corrected chi connectivity index (χ4v) is 5.66. The molecule has 1 aliphatic rings. The third kappa shape index (κ3) is 4.13. The van der Waals surface area contributed by atoms with E-state index >= 15 is 0 Å². The van der Waals surface area contributed by atoms with Crippen molar-refractivity contribution in [2.75, 3.05) is 13.1 Å². The number of halogens is 2. The molecule has 0 radical (unpaired) electrons. The number of piperidine rings is 1. The highest BCUT2D eigenvalue weighted by atomic mass is 35.5. The van der Waals surface area contributed by atoms with Crippen molar-refractivity contribution >= 4 is 28.5 Å². The summed E-state index contributed by atoms with van der Waals surface area (Å²) in [6.07, 6.45) is 1.34. The summed E-state index contributed by atoms with van der Waals surface area (Å²) in [5, 5.41) is 0.600. The van der Waals surface area contributed by atoms with Crippen LogP contribution in [0.3, 0.4) is 0 Å². The Balaban J connectivity index is 1.32. The highest BCUT2D eigenvalue weighted by molar-refractivity contribution is 6.30. The van der Waals surface area contributed by atoms with E-state index in [-0.39, 0.29) is 23.5 Å². The summed E-state index contributed by atoms with van der Waals surface area (Å²) < 4.78 is 18.5. The molecule has 0 spiro atoms. The number of aromatic nitrogens is 3. The van der Waals surface area contributed by atoms with Gasteiger partial charge >= 0.3 is 5.69 Å². The molecule has 1 saturated heterocycles. The van der Waals surface area contributed by atoms with Crippen LogP contribution in [0.5, 0.6) is 0 Å². The minimum absolute atomic E-state index is 0.0106. The van der Waals surface area contributed by atoms with Gasteiger partial charge in [-0.15, -0.1) is 0 Å². The van der Waals surface area contributed by atoms with Crippen LogP contribution in [-0.2, 0) is 0 Å². The summed E-state index contributed by atoms with van der Waals surface area (Å²) in [4.78, 5) is 31.2. The molecule has 6 nitrogen and oxygen atoms in total. The van der Waals surface area contributed by atoms with Crippen LogP contribution in [-0.4, -0.2) is 38.0 Å². The number of hydrogen-bond donors (Lipinski definition) is 1. The Morgan fingerprint density at radius 3 is 2.39 bits per heavy atom. The number of nitrogens with zero attached hydrogens (tertiary/aromatic N) is 3. The van der Waals surface area contributed by atoms with Crippen molar-refractivity contribution in [2.45, 2.75) is 25.8 Å². The van der Waals surface area contributed by atoms with Gasteiger partial charge in [-0.25, -0.2) is 9.18 Å². The Labute approximate surface area is 223 Å². The van der Waals surface area contributed by atoms with Crippen LogP contribution in [0.1, 0.15) is 34.9 Å². The largest absolute Gasteiger partial charge is 0.338 e. The van der Waals surface area contributed by atoms with Gasteiger partial charge in [0.2, 0.25) is 0 Å². The van der Waals surface area contributed by atoms with Gasteiger partial charge in [0.15, 0.2) is 0 Å². The van der Waals surface area contributed by atoms with Crippen molar-refractivity contribution < 1.29 is 9.18 Å². The average Bonchev–Trinajstić information content (AvgIpc) is 3.45. The first kappa shape index (κ1) is 24.2. The summed E-state index contributed by atoms with van der Waals surface area (Å²) in [5.41, 5.74) is 4.70. The van der Waals surface area contributed by atoms with Crippen LogP contribution in [0.15, 0.2) is 83.7 Å². The number of amides is 1. The highest BCUT2D eigenvalue weighted by Crippen LogP contribution is 2.33. The Hall–Kier alpha value is -4.10. The van der Waals surface area contributed by atoms with Gasteiger partial charge in [0, 0.05) is 29.8 Å². The van der Waals surface area contributed by atoms with E-state index in [1.807, 2.05) is 58.9 Å². The summed E-state index contributed by atoms with van der Waals surface area (Å²) in [7, 11) is 0. The number of benzene rings is 3. The first-order chi connectivity index (χ1) is 18.4. The van der Waals surface area contributed by atoms with Gasteiger partial charge in [-0.2, -0.15) is 0 Å². The summed E-state index contributed by atoms with van der Waals surface area (Å²) in [6, 6.07) is 23.4. The molecule has 1 fully saturated rings. The summed E-state index contributed by atoms with van der Waals surface area (Å²) >= 11 is 6.11. The van der Waals surface area contributed by atoms with E-state index in [0.29, 0.717) is 53.6 Å². The molecule has 0 bridgehead atoms. The zero-order valence-corrected chi connectivity index (χ0v) is 21.6. The van der Waals surface area contributed by atoms with Crippen LogP contribution in [0.2, 0.25) is 5.02 Å². The number of para-hydroxylation sites is 3. The first-order valence-corrected chi connectivity index (χ1v) is 13.0. The quantitative estimate of drug-likeness (QED) is 0.295. The second-order valence-corrected chi connectivity index (χ2v) is 10.1. The fraction of sp³-hybridized carbons (Fsp3) is 0.200. The maximum absolute atomic E-state index is 14.9. The number of carbonyl (C=O) groups excluding carboxylic acids is 1. The van der Waals surface area contributed by atoms with Crippen molar-refractivity contribution in [3.63, 3.8) is 0 Å². The molecule has 0 saturated carbocycles. The van der Waals surface area contributed by atoms with E-state index in [4.69, 9.17) is 11.6 Å². The molecule has 2 aromatic heterocycles. The summed E-state index contributed by atoms with van der Waals surface area (Å²) in [6.45, 7) is 2.89. The first-order valence-electron chi connectivity index (χ1n) is 12.6. The van der Waals surface area contributed by atoms with Gasteiger partial charge < -0.3 is 14.5 Å². The predicted molar refractivity (Wildman–Crippen MR) is 148 cm³/mol. The molecule has 0 aliphatic carbocycles. The lowest BCUT2D eigenvalue weighted by molar-refractivity contribution is 0.0694. The monoisotopic (exact) mass is 528 g/mol. The van der Waals surface area contributed by atoms with Gasteiger partial charge in [0.05, 0.1) is 28.0 Å². The molecule has 1 aliphatic heterocycles. The summed E-state index contributed by atoms with van der Waals surface area (Å²) in [5.74, 6) is -0.470. The second kappa shape index (κ2) is 9.65. The second-order valence-electron chi connectivity index (χ2n) is 9.66. The van der Waals surface area contributed by atoms with Crippen molar-refractivity contribution in [1.29, 1.82) is 0 Å². The molecular weight excluding hydrogens is 503 g/mol. The highest BCUT2D eigenvalue weighted by Gasteiger charge is 2.29. The van der Waals surface area contributed by atoms with Crippen LogP contribution in [0.4, 0.5) is 4.39 Å². The number of nitrogens with one attached hydrogen (secondary N) is 1. The lowest BCUT2D eigenvalue weighted by Crippen LogP contribution is -2.40. The number of hydrogen-bond acceptors (Lipinski definition) is 2. The number of H-pyrrole nitrogens is 1. The Bertz CT molecular complexity index is 1710. The molecule has 0 atom stereocenters. The Morgan fingerprint density at radius 2 is 1.66 bits per heavy atom. The van der Waals surface area contributed by atoms with Gasteiger partial charge in [0.1, 0.15) is 5.82 Å². The van der Waals surface area contributed by atoms with E-state index in [9.17, 15) is 14.0 Å². The number of fused-ring (bicyclic) bond motifs is 1. The number of rotatable bonds is 4. The predicted octanol–water partition coefficient (Wildman–Crippen LogP) is 6.37. The molecule has 8 heteroatoms. The van der Waals surface area contributed by atoms with Crippen LogP contribution in [0.25, 0.3) is 28.0 Å². The standard InChI is InChI=1S/C30H26ClFN4O2/c1-19-23(18-28(20-10-12-21(31)13-11-20)35(19)26-8-4-2-6-24(26)32)29(37)34-16-14-22(15-17-34)36-27-9-5-3-7-25(27)33-30(36)38/h2-13,18,22H,14-17H2,1H3,(H,33,38). The Morgan fingerprint density at radius 1 is 0.974 bits per heavy atom. The van der Waals surface area contributed by atoms with Gasteiger partial charge in [-0.05, 0) is 67.8 Å². The van der Waals surface area contributed by atoms with E-state index in [0.717, 1.165) is 16.6 Å². The zero-order chi connectivity index (χ0) is 26.4. The van der Waals surface area contributed by atoms with Crippen LogP contribution in [0, 0.1) is 12.7 Å². The number of carbonyl (C=O) groups is 1. The van der Waals surface area contributed by atoms with Gasteiger partial charge in [0.25, 0.3) is 5.91 Å². The molecule has 1 amide bonds. The van der Waals surface area contributed by atoms with Crippen molar-refractivity contribution in [3.05, 3.63) is 111 Å². The molecule has 192 valence electrons. The maximum Gasteiger partial charge on any atom is 0.326 e. The molecule has 3 heterocycles. The van der Waals surface area contributed by atoms with E-state index in [1.165, 1.54) is 6.07 Å². The minimum Gasteiger partial charge on any atom is -0.338 e. The van der Waals surface area contributed by atoms with Gasteiger partial charge in [-0.3, -0.25) is 9.36 Å². The average molecular weight is 529 g/mol. The lowest BCUT2D eigenvalue weighted by atomic mass is 10.0. The van der Waals surface area contributed by atoms with E-state index in [1.54, 1.807) is 34.9 Å². The van der Waals surface area contributed by atoms with Crippen molar-refractivity contribution in [3.8, 4) is 16.9 Å². The van der Waals surface area contributed by atoms with Crippen molar-refractivity contribution in [1.82, 2.24) is 19.0 Å². The third-order valence-corrected chi connectivity index (χ3v) is 7.70. The molecular formula is C30H26ClFN4O2. The zero-order valence-electron chi connectivity index (χ0n) is 20.8. The topological polar surface area (TPSA) is 63.0 Å². The number of imidazole rings is 1. The molecule has 3 aromatic carbocycles. The molecule has 38 heavy (non-hydrogen) atoms. The fourth-order valence-electron chi connectivity index (χ4n) is 5.53. The smallest absolute Gasteiger partial charge is 0.326 e. The van der Waals surface area contributed by atoms with Crippen molar-refractivity contribution in [2.24, 2.45) is 0 Å². The SMILES string of the molecule is Cc1c(C(=O)N2CCC(n3c(=O)[nH]c4ccccc43)CC2)cc(-c2ccc(Cl)cc2)n1-c1ccccc1F. The van der Waals surface area contributed by atoms with E-state index in [2.05, 4.69) is 4.98 Å². The molecule has 0 unspecified atom stereocenters. The molecule has 1 N–H and O–H groups in total. The lowest BCUT2D eigenvalue weighted by Gasteiger charge is -2.32. The van der Waals surface area contributed by atoms with Crippen LogP contribution < -0.4 is 5.69 Å². The minimum atomic E-state index is -0.370. The molecule has 5 aromatic rings. The van der Waals surface area contributed by atoms with Crippen LogP contribution >= 0.6 is 11.6 Å². The van der Waals surface area contributed by atoms with E-state index < -0.39 is 0 Å².